The number of rotatable bonds is 7. The van der Waals surface area contributed by atoms with Gasteiger partial charge in [0.1, 0.15) is 0 Å². The Balaban J connectivity index is 2.04. The second-order valence-corrected chi connectivity index (χ2v) is 7.26. The maximum absolute atomic E-state index is 12.6. The lowest BCUT2D eigenvalue weighted by molar-refractivity contribution is -0.120. The van der Waals surface area contributed by atoms with Crippen LogP contribution in [0, 0.1) is 0 Å². The molecule has 0 saturated carbocycles. The van der Waals surface area contributed by atoms with Crippen molar-refractivity contribution in [2.45, 2.75) is 26.4 Å². The van der Waals surface area contributed by atoms with Gasteiger partial charge < -0.3 is 10.2 Å². The number of hydrogen-bond donors (Lipinski definition) is 1. The molecule has 2 rings (SSSR count). The molecule has 6 heteroatoms. The highest BCUT2D eigenvalue weighted by atomic mass is 35.5. The van der Waals surface area contributed by atoms with E-state index in [1.165, 1.54) is 5.56 Å². The largest absolute Gasteiger partial charge is 0.378 e. The molecule has 0 aliphatic rings. The first-order valence-electron chi connectivity index (χ1n) is 8.58. The molecule has 0 saturated heterocycles. The van der Waals surface area contributed by atoms with Gasteiger partial charge in [-0.05, 0) is 49.4 Å². The minimum Gasteiger partial charge on any atom is -0.378 e. The summed E-state index contributed by atoms with van der Waals surface area (Å²) in [6.45, 7) is 5.41. The Morgan fingerprint density at radius 3 is 2.31 bits per heavy atom. The quantitative estimate of drug-likeness (QED) is 0.725. The van der Waals surface area contributed by atoms with Crippen LogP contribution in [0.2, 0.25) is 10.0 Å². The number of amides is 1. The average Bonchev–Trinajstić information content (AvgIpc) is 2.61. The minimum atomic E-state index is -0.291. The molecule has 0 aromatic heterocycles. The molecule has 0 fully saturated rings. The molecule has 0 radical (unpaired) electrons. The number of benzene rings is 2. The molecule has 0 unspecified atom stereocenters. The van der Waals surface area contributed by atoms with Gasteiger partial charge in [-0.3, -0.25) is 9.69 Å². The molecule has 1 N–H and O–H groups in total. The average molecular weight is 394 g/mol. The molecule has 0 spiro atoms. The molecule has 140 valence electrons. The second kappa shape index (κ2) is 9.26. The van der Waals surface area contributed by atoms with Crippen LogP contribution in [-0.4, -0.2) is 37.5 Å². The molecule has 0 heterocycles. The number of halogens is 2. The number of nitrogens with one attached hydrogen (secondary N) is 1. The van der Waals surface area contributed by atoms with Gasteiger partial charge in [-0.2, -0.15) is 0 Å². The number of hydrogen-bond acceptors (Lipinski definition) is 3. The molecule has 0 aliphatic carbocycles. The lowest BCUT2D eigenvalue weighted by Crippen LogP contribution is -2.41. The molecular weight excluding hydrogens is 369 g/mol. The minimum absolute atomic E-state index is 0.0963. The van der Waals surface area contributed by atoms with Crippen molar-refractivity contribution in [1.29, 1.82) is 0 Å². The van der Waals surface area contributed by atoms with Crippen molar-refractivity contribution in [3.63, 3.8) is 0 Å². The van der Waals surface area contributed by atoms with E-state index in [4.69, 9.17) is 23.2 Å². The van der Waals surface area contributed by atoms with E-state index in [9.17, 15) is 4.79 Å². The van der Waals surface area contributed by atoms with Gasteiger partial charge in [0, 0.05) is 31.4 Å². The number of anilines is 2. The van der Waals surface area contributed by atoms with Crippen molar-refractivity contribution in [3.05, 3.63) is 58.1 Å². The Morgan fingerprint density at radius 2 is 1.77 bits per heavy atom. The standard InChI is InChI=1S/C20H25Cl2N3O/c1-5-25(13-15-6-9-17(10-7-15)24(3)4)14(2)20(26)23-19-11-8-16(21)12-18(19)22/h6-12,14H,5,13H2,1-4H3,(H,23,26)/t14-/m1/s1. The van der Waals surface area contributed by atoms with E-state index in [-0.39, 0.29) is 11.9 Å². The summed E-state index contributed by atoms with van der Waals surface area (Å²) in [6, 6.07) is 13.1. The molecule has 2 aromatic carbocycles. The summed E-state index contributed by atoms with van der Waals surface area (Å²) in [5.41, 5.74) is 2.89. The van der Waals surface area contributed by atoms with Gasteiger partial charge in [0.2, 0.25) is 5.91 Å². The fourth-order valence-electron chi connectivity index (χ4n) is 2.65. The third-order valence-corrected chi connectivity index (χ3v) is 4.91. The Labute approximate surface area is 165 Å². The first-order valence-corrected chi connectivity index (χ1v) is 9.33. The second-order valence-electron chi connectivity index (χ2n) is 6.41. The number of likely N-dealkylation sites (N-methyl/N-ethyl adjacent to an activating group) is 1. The van der Waals surface area contributed by atoms with E-state index in [0.717, 1.165) is 12.2 Å². The summed E-state index contributed by atoms with van der Waals surface area (Å²) in [5, 5.41) is 3.85. The van der Waals surface area contributed by atoms with Gasteiger partial charge in [0.25, 0.3) is 0 Å². The van der Waals surface area contributed by atoms with Gasteiger partial charge in [0.05, 0.1) is 16.8 Å². The molecule has 1 atom stereocenters. The maximum Gasteiger partial charge on any atom is 0.241 e. The smallest absolute Gasteiger partial charge is 0.241 e. The Bertz CT molecular complexity index is 747. The zero-order chi connectivity index (χ0) is 19.3. The summed E-state index contributed by atoms with van der Waals surface area (Å²) < 4.78 is 0. The third-order valence-electron chi connectivity index (χ3n) is 4.36. The highest BCUT2D eigenvalue weighted by molar-refractivity contribution is 6.36. The van der Waals surface area contributed by atoms with Crippen molar-refractivity contribution in [2.75, 3.05) is 30.9 Å². The SMILES string of the molecule is CCN(Cc1ccc(N(C)C)cc1)[C@H](C)C(=O)Nc1ccc(Cl)cc1Cl. The molecule has 2 aromatic rings. The van der Waals surface area contributed by atoms with Gasteiger partial charge in [0.15, 0.2) is 0 Å². The lowest BCUT2D eigenvalue weighted by atomic mass is 10.1. The Morgan fingerprint density at radius 1 is 1.12 bits per heavy atom. The first kappa shape index (κ1) is 20.6. The van der Waals surface area contributed by atoms with Gasteiger partial charge in [-0.15, -0.1) is 0 Å². The number of carbonyl (C=O) groups excluding carboxylic acids is 1. The van der Waals surface area contributed by atoms with Crippen LogP contribution in [0.1, 0.15) is 19.4 Å². The van der Waals surface area contributed by atoms with Gasteiger partial charge >= 0.3 is 0 Å². The molecule has 4 nitrogen and oxygen atoms in total. The van der Waals surface area contributed by atoms with Crippen LogP contribution in [0.15, 0.2) is 42.5 Å². The summed E-state index contributed by atoms with van der Waals surface area (Å²) in [7, 11) is 4.03. The van der Waals surface area contributed by atoms with E-state index >= 15 is 0 Å². The van der Waals surface area contributed by atoms with E-state index < -0.39 is 0 Å². The number of nitrogens with zero attached hydrogens (tertiary/aromatic N) is 2. The molecule has 26 heavy (non-hydrogen) atoms. The predicted octanol–water partition coefficient (Wildman–Crippen LogP) is 4.91. The zero-order valence-electron chi connectivity index (χ0n) is 15.6. The zero-order valence-corrected chi connectivity index (χ0v) is 17.1. The first-order chi connectivity index (χ1) is 12.3. The van der Waals surface area contributed by atoms with Crippen LogP contribution in [0.3, 0.4) is 0 Å². The molecule has 0 bridgehead atoms. The lowest BCUT2D eigenvalue weighted by Gasteiger charge is -2.27. The number of carbonyl (C=O) groups is 1. The van der Waals surface area contributed by atoms with Gasteiger partial charge in [-0.25, -0.2) is 0 Å². The van der Waals surface area contributed by atoms with Crippen LogP contribution < -0.4 is 10.2 Å². The van der Waals surface area contributed by atoms with Crippen molar-refractivity contribution in [3.8, 4) is 0 Å². The fourth-order valence-corrected chi connectivity index (χ4v) is 3.11. The van der Waals surface area contributed by atoms with Crippen molar-refractivity contribution >= 4 is 40.5 Å². The normalized spacial score (nSPS) is 12.1. The highest BCUT2D eigenvalue weighted by Crippen LogP contribution is 2.25. The molecular formula is C20H25Cl2N3O. The van der Waals surface area contributed by atoms with Crippen molar-refractivity contribution in [1.82, 2.24) is 4.90 Å². The summed E-state index contributed by atoms with van der Waals surface area (Å²) >= 11 is 12.0. The highest BCUT2D eigenvalue weighted by Gasteiger charge is 2.21. The summed E-state index contributed by atoms with van der Waals surface area (Å²) in [6.07, 6.45) is 0. The van der Waals surface area contributed by atoms with E-state index in [1.807, 2.05) is 27.9 Å². The van der Waals surface area contributed by atoms with E-state index in [2.05, 4.69) is 39.4 Å². The maximum atomic E-state index is 12.6. The molecule has 1 amide bonds. The van der Waals surface area contributed by atoms with Crippen LogP contribution in [0.4, 0.5) is 11.4 Å². The summed E-state index contributed by atoms with van der Waals surface area (Å²) in [5.74, 6) is -0.0963. The van der Waals surface area contributed by atoms with Crippen LogP contribution in [0.25, 0.3) is 0 Å². The molecule has 0 aliphatic heterocycles. The Kier molecular flexibility index (Phi) is 7.33. The van der Waals surface area contributed by atoms with E-state index in [0.29, 0.717) is 22.3 Å². The van der Waals surface area contributed by atoms with E-state index in [1.54, 1.807) is 18.2 Å². The third kappa shape index (κ3) is 5.37. The van der Waals surface area contributed by atoms with Crippen molar-refractivity contribution in [2.24, 2.45) is 0 Å². The van der Waals surface area contributed by atoms with Crippen LogP contribution in [0.5, 0.6) is 0 Å². The summed E-state index contributed by atoms with van der Waals surface area (Å²) in [4.78, 5) is 16.8. The van der Waals surface area contributed by atoms with Crippen LogP contribution >= 0.6 is 23.2 Å². The topological polar surface area (TPSA) is 35.6 Å². The predicted molar refractivity (Wildman–Crippen MR) is 111 cm³/mol. The Hall–Kier alpha value is -1.75. The van der Waals surface area contributed by atoms with Gasteiger partial charge in [-0.1, -0.05) is 42.3 Å². The van der Waals surface area contributed by atoms with Crippen molar-refractivity contribution < 1.29 is 4.79 Å². The van der Waals surface area contributed by atoms with Crippen LogP contribution in [-0.2, 0) is 11.3 Å². The fraction of sp³-hybridized carbons (Fsp3) is 0.350. The monoisotopic (exact) mass is 393 g/mol.